The van der Waals surface area contributed by atoms with E-state index in [1.807, 2.05) is 6.92 Å². The second-order valence-corrected chi connectivity index (χ2v) is 5.59. The van der Waals surface area contributed by atoms with Crippen molar-refractivity contribution in [3.8, 4) is 0 Å². The predicted molar refractivity (Wildman–Crippen MR) is 80.8 cm³/mol. The summed E-state index contributed by atoms with van der Waals surface area (Å²) in [4.78, 5) is 11.8. The zero-order valence-corrected chi connectivity index (χ0v) is 13.2. The van der Waals surface area contributed by atoms with Gasteiger partial charge in [-0.25, -0.2) is 0 Å². The molecule has 118 valence electrons. The third-order valence-corrected chi connectivity index (χ3v) is 3.51. The summed E-state index contributed by atoms with van der Waals surface area (Å²) in [5.41, 5.74) is 0. The number of rotatable bonds is 13. The van der Waals surface area contributed by atoms with Gasteiger partial charge in [0, 0.05) is 12.6 Å². The maximum atomic E-state index is 11.8. The number of hydrogen-bond donors (Lipinski definition) is 1. The van der Waals surface area contributed by atoms with Gasteiger partial charge in [0.1, 0.15) is 6.04 Å². The first-order valence-electron chi connectivity index (χ1n) is 8.28. The molecular weight excluding hydrogens is 254 g/mol. The average molecular weight is 285 g/mol. The van der Waals surface area contributed by atoms with Crippen LogP contribution in [0.3, 0.4) is 0 Å². The maximum Gasteiger partial charge on any atom is 0.325 e. The Morgan fingerprint density at radius 1 is 1.15 bits per heavy atom. The molecule has 0 saturated heterocycles. The topological polar surface area (TPSA) is 47.6 Å². The van der Waals surface area contributed by atoms with Crippen molar-refractivity contribution in [2.75, 3.05) is 19.8 Å². The normalized spacial score (nSPS) is 16.1. The summed E-state index contributed by atoms with van der Waals surface area (Å²) in [7, 11) is 0. The third kappa shape index (κ3) is 8.54. The number of ether oxygens (including phenoxy) is 2. The van der Waals surface area contributed by atoms with Crippen LogP contribution in [0.1, 0.15) is 65.2 Å². The van der Waals surface area contributed by atoms with Crippen LogP contribution in [0.5, 0.6) is 0 Å². The van der Waals surface area contributed by atoms with Gasteiger partial charge in [0.15, 0.2) is 0 Å². The number of unbranched alkanes of at least 4 members (excludes halogenated alkanes) is 5. The second kappa shape index (κ2) is 11.1. The van der Waals surface area contributed by atoms with Crippen LogP contribution in [0.25, 0.3) is 0 Å². The zero-order chi connectivity index (χ0) is 14.6. The molecule has 1 unspecified atom stereocenters. The van der Waals surface area contributed by atoms with Crippen LogP contribution in [-0.4, -0.2) is 37.9 Å². The van der Waals surface area contributed by atoms with Crippen LogP contribution in [-0.2, 0) is 14.3 Å². The maximum absolute atomic E-state index is 11.8. The van der Waals surface area contributed by atoms with E-state index < -0.39 is 0 Å². The molecule has 1 aliphatic rings. The van der Waals surface area contributed by atoms with Crippen molar-refractivity contribution in [1.29, 1.82) is 0 Å². The van der Waals surface area contributed by atoms with Crippen LogP contribution >= 0.6 is 0 Å². The van der Waals surface area contributed by atoms with Crippen molar-refractivity contribution in [3.63, 3.8) is 0 Å². The Kier molecular flexibility index (Phi) is 9.67. The highest BCUT2D eigenvalue weighted by molar-refractivity contribution is 5.76. The highest BCUT2D eigenvalue weighted by atomic mass is 16.5. The summed E-state index contributed by atoms with van der Waals surface area (Å²) in [5, 5.41) is 3.29. The first-order chi connectivity index (χ1) is 9.77. The first kappa shape index (κ1) is 17.4. The number of nitrogens with one attached hydrogen (secondary N) is 1. The summed E-state index contributed by atoms with van der Waals surface area (Å²) >= 11 is 0. The molecule has 4 nitrogen and oxygen atoms in total. The molecule has 0 aliphatic heterocycles. The van der Waals surface area contributed by atoms with E-state index in [1.54, 1.807) is 0 Å². The molecule has 1 atom stereocenters. The largest absolute Gasteiger partial charge is 0.465 e. The highest BCUT2D eigenvalue weighted by Crippen LogP contribution is 2.19. The van der Waals surface area contributed by atoms with Gasteiger partial charge in [-0.3, -0.25) is 10.1 Å². The van der Waals surface area contributed by atoms with Gasteiger partial charge in [0.2, 0.25) is 0 Å². The Morgan fingerprint density at radius 3 is 2.50 bits per heavy atom. The van der Waals surface area contributed by atoms with Gasteiger partial charge in [-0.05, 0) is 26.2 Å². The molecule has 1 saturated carbocycles. The zero-order valence-electron chi connectivity index (χ0n) is 13.2. The van der Waals surface area contributed by atoms with Crippen molar-refractivity contribution in [2.45, 2.75) is 77.3 Å². The van der Waals surface area contributed by atoms with E-state index in [2.05, 4.69) is 12.2 Å². The Hall–Kier alpha value is -0.610. The molecule has 0 radical (unpaired) electrons. The van der Waals surface area contributed by atoms with Crippen LogP contribution in [0.2, 0.25) is 0 Å². The van der Waals surface area contributed by atoms with Crippen LogP contribution < -0.4 is 5.32 Å². The van der Waals surface area contributed by atoms with Crippen LogP contribution in [0.15, 0.2) is 0 Å². The summed E-state index contributed by atoms with van der Waals surface area (Å²) in [6.45, 7) is 5.67. The fourth-order valence-corrected chi connectivity index (χ4v) is 2.15. The lowest BCUT2D eigenvalue weighted by atomic mass is 10.1. The van der Waals surface area contributed by atoms with Gasteiger partial charge < -0.3 is 9.47 Å². The van der Waals surface area contributed by atoms with Gasteiger partial charge in [-0.2, -0.15) is 0 Å². The van der Waals surface area contributed by atoms with Gasteiger partial charge in [-0.1, -0.05) is 39.0 Å². The molecule has 20 heavy (non-hydrogen) atoms. The third-order valence-electron chi connectivity index (χ3n) is 3.51. The number of esters is 1. The Bertz CT molecular complexity index is 254. The molecule has 0 aromatic heterocycles. The lowest BCUT2D eigenvalue weighted by Crippen LogP contribution is -2.43. The monoisotopic (exact) mass is 285 g/mol. The lowest BCUT2D eigenvalue weighted by molar-refractivity contribution is -0.147. The Morgan fingerprint density at radius 2 is 1.85 bits per heavy atom. The summed E-state index contributed by atoms with van der Waals surface area (Å²) in [6.07, 6.45) is 9.86. The molecule has 4 heteroatoms. The molecule has 0 heterocycles. The first-order valence-corrected chi connectivity index (χ1v) is 8.28. The van der Waals surface area contributed by atoms with Crippen LogP contribution in [0.4, 0.5) is 0 Å². The van der Waals surface area contributed by atoms with Crippen molar-refractivity contribution in [2.24, 2.45) is 0 Å². The van der Waals surface area contributed by atoms with E-state index in [0.717, 1.165) is 25.9 Å². The van der Waals surface area contributed by atoms with E-state index in [0.29, 0.717) is 19.3 Å². The second-order valence-electron chi connectivity index (χ2n) is 5.59. The van der Waals surface area contributed by atoms with Gasteiger partial charge in [0.05, 0.1) is 13.2 Å². The van der Waals surface area contributed by atoms with Gasteiger partial charge in [-0.15, -0.1) is 0 Å². The minimum Gasteiger partial charge on any atom is -0.465 e. The molecule has 0 bridgehead atoms. The van der Waals surface area contributed by atoms with Gasteiger partial charge in [0.25, 0.3) is 0 Å². The smallest absolute Gasteiger partial charge is 0.325 e. The Balaban J connectivity index is 2.04. The average Bonchev–Trinajstić information content (AvgIpc) is 3.24. The van der Waals surface area contributed by atoms with E-state index in [1.165, 1.54) is 32.1 Å². The summed E-state index contributed by atoms with van der Waals surface area (Å²) in [6, 6.07) is 0.199. The molecule has 1 rings (SSSR count). The molecule has 1 N–H and O–H groups in total. The van der Waals surface area contributed by atoms with E-state index in [4.69, 9.17) is 9.47 Å². The summed E-state index contributed by atoms with van der Waals surface area (Å²) < 4.78 is 10.7. The van der Waals surface area contributed by atoms with Crippen molar-refractivity contribution < 1.29 is 14.3 Å². The minimum absolute atomic E-state index is 0.178. The van der Waals surface area contributed by atoms with Crippen molar-refractivity contribution in [3.05, 3.63) is 0 Å². The predicted octanol–water partition coefficient (Wildman–Crippen LogP) is 3.05. The number of carbonyl (C=O) groups is 1. The minimum atomic E-state index is -0.289. The van der Waals surface area contributed by atoms with E-state index >= 15 is 0 Å². The SMILES string of the molecule is CCCCCCCCOCC(NC1CC1)C(=O)OCC. The molecule has 1 fully saturated rings. The molecular formula is C16H31NO3. The molecule has 0 aromatic rings. The van der Waals surface area contributed by atoms with Gasteiger partial charge >= 0.3 is 5.97 Å². The van der Waals surface area contributed by atoms with Crippen LogP contribution in [0, 0.1) is 0 Å². The quantitative estimate of drug-likeness (QED) is 0.417. The fraction of sp³-hybridized carbons (Fsp3) is 0.938. The van der Waals surface area contributed by atoms with Crippen molar-refractivity contribution in [1.82, 2.24) is 5.32 Å². The lowest BCUT2D eigenvalue weighted by Gasteiger charge is -2.17. The fourth-order valence-electron chi connectivity index (χ4n) is 2.15. The van der Waals surface area contributed by atoms with E-state index in [-0.39, 0.29) is 12.0 Å². The number of carbonyl (C=O) groups excluding carboxylic acids is 1. The molecule has 0 aromatic carbocycles. The summed E-state index contributed by atoms with van der Waals surface area (Å²) in [5.74, 6) is -0.178. The molecule has 0 amide bonds. The Labute approximate surface area is 123 Å². The van der Waals surface area contributed by atoms with Crippen molar-refractivity contribution >= 4 is 5.97 Å². The molecule has 1 aliphatic carbocycles. The number of hydrogen-bond acceptors (Lipinski definition) is 4. The molecule has 0 spiro atoms. The highest BCUT2D eigenvalue weighted by Gasteiger charge is 2.29. The van der Waals surface area contributed by atoms with E-state index in [9.17, 15) is 4.79 Å². The standard InChI is InChI=1S/C16H31NO3/c1-3-5-6-7-8-9-12-19-13-15(16(18)20-4-2)17-14-10-11-14/h14-15,17H,3-13H2,1-2H3.